The van der Waals surface area contributed by atoms with Gasteiger partial charge in [0.2, 0.25) is 0 Å². The average molecular weight is 252 g/mol. The van der Waals surface area contributed by atoms with Crippen molar-refractivity contribution in [3.63, 3.8) is 0 Å². The summed E-state index contributed by atoms with van der Waals surface area (Å²) in [6, 6.07) is -0.313. The third-order valence-electron chi connectivity index (χ3n) is 2.50. The molecule has 2 unspecified atom stereocenters. The van der Waals surface area contributed by atoms with E-state index in [1.807, 2.05) is 0 Å². The second-order valence-electron chi connectivity index (χ2n) is 3.71. The summed E-state index contributed by atoms with van der Waals surface area (Å²) in [7, 11) is 0.746. The van der Waals surface area contributed by atoms with Crippen LogP contribution >= 0.6 is 0 Å². The van der Waals surface area contributed by atoms with Crippen molar-refractivity contribution in [1.29, 1.82) is 0 Å². The Morgan fingerprint density at radius 1 is 1.44 bits per heavy atom. The summed E-state index contributed by atoms with van der Waals surface area (Å²) in [5.74, 6) is -0.176. The number of ether oxygens (including phenoxy) is 3. The fraction of sp³-hybridized carbons (Fsp3) is 1.00. The Labute approximate surface area is 97.2 Å². The van der Waals surface area contributed by atoms with E-state index in [1.54, 1.807) is 15.0 Å². The summed E-state index contributed by atoms with van der Waals surface area (Å²) in [6.45, 7) is 0.776. The van der Waals surface area contributed by atoms with Crippen molar-refractivity contribution in [2.75, 3.05) is 26.1 Å². The molecule has 6 nitrogen and oxygen atoms in total. The van der Waals surface area contributed by atoms with Gasteiger partial charge in [-0.25, -0.2) is 8.42 Å². The number of aliphatic hydroxyl groups excluding tert-OH is 1. The first-order valence-electron chi connectivity index (χ1n) is 5.12. The smallest absolute Gasteiger partial charge is 0.142 e. The maximum atomic E-state index is 10.6. The van der Waals surface area contributed by atoms with E-state index in [0.29, 0.717) is 13.2 Å². The summed E-state index contributed by atoms with van der Waals surface area (Å²) in [5, 5.41) is 9.81. The van der Waals surface area contributed by atoms with Gasteiger partial charge in [-0.2, -0.15) is 0 Å². The molecule has 0 aromatic rings. The van der Waals surface area contributed by atoms with Gasteiger partial charge in [-0.15, -0.1) is 0 Å². The van der Waals surface area contributed by atoms with Gasteiger partial charge < -0.3 is 19.3 Å². The molecule has 8 heteroatoms. The number of thiol groups is 1. The molecule has 1 heterocycles. The molecular formula is C8H17BO6S. The molecule has 4 atom stereocenters. The van der Waals surface area contributed by atoms with Crippen LogP contribution in [0.15, 0.2) is 0 Å². The molecule has 1 rings (SSSR count). The molecule has 0 bridgehead atoms. The number of hydrogen-bond acceptors (Lipinski definition) is 6. The van der Waals surface area contributed by atoms with Crippen LogP contribution in [0, 0.1) is 0 Å². The van der Waals surface area contributed by atoms with Crippen LogP contribution < -0.4 is 0 Å². The summed E-state index contributed by atoms with van der Waals surface area (Å²) in [6.07, 6.45) is -2.08. The van der Waals surface area contributed by atoms with Crippen molar-refractivity contribution in [3.8, 4) is 0 Å². The molecular weight excluding hydrogens is 235 g/mol. The minimum atomic E-state index is -2.56. The molecule has 0 spiro atoms. The Balaban J connectivity index is 2.46. The first-order valence-corrected chi connectivity index (χ1v) is 6.48. The highest BCUT2D eigenvalue weighted by Gasteiger charge is 2.42. The van der Waals surface area contributed by atoms with E-state index in [9.17, 15) is 13.5 Å². The third kappa shape index (κ3) is 3.71. The Hall–Kier alpha value is -0.145. The lowest BCUT2D eigenvalue weighted by Gasteiger charge is -2.18. The first kappa shape index (κ1) is 13.9. The highest BCUT2D eigenvalue weighted by molar-refractivity contribution is 7.72. The lowest BCUT2D eigenvalue weighted by atomic mass is 9.93. The fourth-order valence-electron chi connectivity index (χ4n) is 1.72. The van der Waals surface area contributed by atoms with E-state index < -0.39 is 29.0 Å². The summed E-state index contributed by atoms with van der Waals surface area (Å²) >= 11 is 0. The van der Waals surface area contributed by atoms with Crippen molar-refractivity contribution >= 4 is 18.6 Å². The SMILES string of the molecule is B[C@@H]1O[C@H](C[SH](=O)=O)C(O)C1OCCOC. The van der Waals surface area contributed by atoms with E-state index in [0.717, 1.165) is 0 Å². The Morgan fingerprint density at radius 3 is 2.69 bits per heavy atom. The zero-order valence-corrected chi connectivity index (χ0v) is 10.3. The second kappa shape index (κ2) is 6.56. The maximum Gasteiger partial charge on any atom is 0.142 e. The van der Waals surface area contributed by atoms with Gasteiger partial charge in [-0.05, 0) is 0 Å². The molecule has 0 amide bonds. The van der Waals surface area contributed by atoms with E-state index >= 15 is 0 Å². The number of hydrogen-bond donors (Lipinski definition) is 2. The number of aliphatic hydroxyl groups is 1. The fourth-order valence-corrected chi connectivity index (χ4v) is 2.32. The highest BCUT2D eigenvalue weighted by atomic mass is 32.2. The summed E-state index contributed by atoms with van der Waals surface area (Å²) in [4.78, 5) is 0. The van der Waals surface area contributed by atoms with Crippen molar-refractivity contribution in [2.45, 2.75) is 24.3 Å². The van der Waals surface area contributed by atoms with E-state index in [2.05, 4.69) is 0 Å². The lowest BCUT2D eigenvalue weighted by Crippen LogP contribution is -2.37. The van der Waals surface area contributed by atoms with Crippen molar-refractivity contribution in [3.05, 3.63) is 0 Å². The van der Waals surface area contributed by atoms with Crippen molar-refractivity contribution < 1.29 is 27.7 Å². The van der Waals surface area contributed by atoms with Crippen LogP contribution in [0.25, 0.3) is 0 Å². The third-order valence-corrected chi connectivity index (χ3v) is 3.15. The Kier molecular flexibility index (Phi) is 5.70. The minimum Gasteiger partial charge on any atom is -0.388 e. The zero-order chi connectivity index (χ0) is 12.1. The summed E-state index contributed by atoms with van der Waals surface area (Å²) < 4.78 is 36.6. The predicted molar refractivity (Wildman–Crippen MR) is 60.0 cm³/mol. The zero-order valence-electron chi connectivity index (χ0n) is 9.37. The number of rotatable bonds is 6. The van der Waals surface area contributed by atoms with Crippen molar-refractivity contribution in [2.24, 2.45) is 0 Å². The molecule has 1 aliphatic heterocycles. The maximum absolute atomic E-state index is 10.6. The van der Waals surface area contributed by atoms with Gasteiger partial charge in [0.1, 0.15) is 30.8 Å². The van der Waals surface area contributed by atoms with Crippen LogP contribution in [0.3, 0.4) is 0 Å². The average Bonchev–Trinajstić information content (AvgIpc) is 2.45. The number of methoxy groups -OCH3 is 1. The Bertz CT molecular complexity index is 276. The molecule has 0 aromatic carbocycles. The van der Waals surface area contributed by atoms with Gasteiger partial charge in [-0.1, -0.05) is 0 Å². The molecule has 0 saturated carbocycles. The van der Waals surface area contributed by atoms with Gasteiger partial charge in [0.05, 0.1) is 31.1 Å². The normalized spacial score (nSPS) is 34.7. The molecule has 1 N–H and O–H groups in total. The second-order valence-corrected chi connectivity index (χ2v) is 4.74. The molecule has 94 valence electrons. The van der Waals surface area contributed by atoms with Crippen LogP contribution in [-0.4, -0.2) is 71.8 Å². The van der Waals surface area contributed by atoms with E-state index in [4.69, 9.17) is 14.2 Å². The standard InChI is InChI=1S/C8H17BO6S/c1-13-2-3-14-7-6(10)5(4-16(11)12)15-8(7)9/h5-8,10,16H,2-4,9H2,1H3/t5-,6?,7?,8-/m1/s1. The van der Waals surface area contributed by atoms with Gasteiger partial charge in [0, 0.05) is 7.11 Å². The molecule has 0 radical (unpaired) electrons. The molecule has 1 saturated heterocycles. The Morgan fingerprint density at radius 2 is 2.12 bits per heavy atom. The van der Waals surface area contributed by atoms with E-state index in [1.165, 1.54) is 0 Å². The van der Waals surface area contributed by atoms with Crippen molar-refractivity contribution in [1.82, 2.24) is 0 Å². The topological polar surface area (TPSA) is 82.1 Å². The predicted octanol–water partition coefficient (Wildman–Crippen LogP) is -2.65. The van der Waals surface area contributed by atoms with Crippen LogP contribution in [0.2, 0.25) is 0 Å². The highest BCUT2D eigenvalue weighted by Crippen LogP contribution is 2.22. The van der Waals surface area contributed by atoms with Crippen LogP contribution in [0.5, 0.6) is 0 Å². The van der Waals surface area contributed by atoms with E-state index in [-0.39, 0.29) is 11.8 Å². The van der Waals surface area contributed by atoms with Crippen LogP contribution in [-0.2, 0) is 24.9 Å². The quantitative estimate of drug-likeness (QED) is 0.305. The minimum absolute atomic E-state index is 0.176. The first-order chi connectivity index (χ1) is 7.56. The largest absolute Gasteiger partial charge is 0.388 e. The summed E-state index contributed by atoms with van der Waals surface area (Å²) in [5.41, 5.74) is 0. The van der Waals surface area contributed by atoms with Gasteiger partial charge in [0.25, 0.3) is 0 Å². The van der Waals surface area contributed by atoms with Gasteiger partial charge in [0.15, 0.2) is 0 Å². The molecule has 0 aliphatic carbocycles. The van der Waals surface area contributed by atoms with Gasteiger partial charge >= 0.3 is 0 Å². The molecule has 1 aliphatic rings. The molecule has 16 heavy (non-hydrogen) atoms. The molecule has 0 aromatic heterocycles. The van der Waals surface area contributed by atoms with Crippen LogP contribution in [0.4, 0.5) is 0 Å². The van der Waals surface area contributed by atoms with Crippen LogP contribution in [0.1, 0.15) is 0 Å². The van der Waals surface area contributed by atoms with Gasteiger partial charge in [-0.3, -0.25) is 0 Å². The monoisotopic (exact) mass is 252 g/mol. The lowest BCUT2D eigenvalue weighted by molar-refractivity contribution is -0.0372. The molecule has 1 fully saturated rings.